The van der Waals surface area contributed by atoms with Gasteiger partial charge < -0.3 is 5.73 Å². The van der Waals surface area contributed by atoms with Gasteiger partial charge in [-0.1, -0.05) is 58.0 Å². The molecule has 0 spiro atoms. The molecule has 0 radical (unpaired) electrons. The Kier molecular flexibility index (Phi) is 5.36. The van der Waals surface area contributed by atoms with Crippen molar-refractivity contribution in [3.63, 3.8) is 0 Å². The zero-order valence-corrected chi connectivity index (χ0v) is 12.5. The maximum absolute atomic E-state index is 6.82. The first-order valence-corrected chi connectivity index (χ1v) is 7.06. The smallest absolute Gasteiger partial charge is 0.0587 e. The van der Waals surface area contributed by atoms with Crippen LogP contribution in [0.2, 0.25) is 0 Å². The Bertz CT molecular complexity index is 343. The number of likely N-dealkylation sites (N-methyl/N-ethyl adjacent to an activating group) is 1. The molecule has 0 saturated heterocycles. The highest BCUT2D eigenvalue weighted by molar-refractivity contribution is 5.27. The van der Waals surface area contributed by atoms with Crippen molar-refractivity contribution in [3.05, 3.63) is 35.9 Å². The van der Waals surface area contributed by atoms with Gasteiger partial charge in [-0.2, -0.15) is 0 Å². The van der Waals surface area contributed by atoms with E-state index < -0.39 is 0 Å². The second kappa shape index (κ2) is 6.35. The SMILES string of the molecule is CCN(CC)C(C)C(N)(c1ccccc1)C(C)C. The van der Waals surface area contributed by atoms with E-state index in [9.17, 15) is 0 Å². The summed E-state index contributed by atoms with van der Waals surface area (Å²) in [7, 11) is 0. The van der Waals surface area contributed by atoms with Gasteiger partial charge in [0.2, 0.25) is 0 Å². The topological polar surface area (TPSA) is 29.3 Å². The van der Waals surface area contributed by atoms with Crippen molar-refractivity contribution in [3.8, 4) is 0 Å². The molecule has 2 atom stereocenters. The lowest BCUT2D eigenvalue weighted by atomic mass is 9.75. The van der Waals surface area contributed by atoms with Gasteiger partial charge in [0.15, 0.2) is 0 Å². The molecule has 0 aromatic heterocycles. The van der Waals surface area contributed by atoms with Gasteiger partial charge >= 0.3 is 0 Å². The Labute approximate surface area is 112 Å². The molecule has 102 valence electrons. The Morgan fingerprint density at radius 2 is 1.56 bits per heavy atom. The Balaban J connectivity index is 3.16. The van der Waals surface area contributed by atoms with Crippen LogP contribution in [0.5, 0.6) is 0 Å². The minimum absolute atomic E-state index is 0.298. The van der Waals surface area contributed by atoms with Crippen LogP contribution in [0.4, 0.5) is 0 Å². The molecule has 0 bridgehead atoms. The van der Waals surface area contributed by atoms with Crippen LogP contribution >= 0.6 is 0 Å². The lowest BCUT2D eigenvalue weighted by Crippen LogP contribution is -2.57. The molecule has 2 N–H and O–H groups in total. The van der Waals surface area contributed by atoms with Gasteiger partial charge in [-0.25, -0.2) is 0 Å². The highest BCUT2D eigenvalue weighted by Gasteiger charge is 2.39. The molecule has 2 heteroatoms. The summed E-state index contributed by atoms with van der Waals surface area (Å²) in [5, 5.41) is 0. The molecule has 0 aliphatic heterocycles. The van der Waals surface area contributed by atoms with Crippen molar-refractivity contribution < 1.29 is 0 Å². The third-order valence-electron chi connectivity index (χ3n) is 4.28. The van der Waals surface area contributed by atoms with Crippen LogP contribution in [0.25, 0.3) is 0 Å². The molecule has 0 fully saturated rings. The van der Waals surface area contributed by atoms with Gasteiger partial charge in [0.05, 0.1) is 5.54 Å². The van der Waals surface area contributed by atoms with Gasteiger partial charge in [-0.3, -0.25) is 4.90 Å². The van der Waals surface area contributed by atoms with Crippen LogP contribution in [0.3, 0.4) is 0 Å². The Hall–Kier alpha value is -0.860. The van der Waals surface area contributed by atoms with Crippen LogP contribution in [0.15, 0.2) is 30.3 Å². The fourth-order valence-corrected chi connectivity index (χ4v) is 2.86. The average Bonchev–Trinajstić information content (AvgIpc) is 2.39. The molecule has 1 aromatic rings. The number of benzene rings is 1. The normalized spacial score (nSPS) is 16.9. The molecule has 1 aromatic carbocycles. The van der Waals surface area contributed by atoms with Crippen LogP contribution in [-0.4, -0.2) is 24.0 Å². The maximum atomic E-state index is 6.82. The predicted octanol–water partition coefficient (Wildman–Crippen LogP) is 3.23. The lowest BCUT2D eigenvalue weighted by molar-refractivity contribution is 0.109. The van der Waals surface area contributed by atoms with Gasteiger partial charge in [-0.15, -0.1) is 0 Å². The molecule has 2 unspecified atom stereocenters. The number of nitrogens with zero attached hydrogens (tertiary/aromatic N) is 1. The summed E-state index contributed by atoms with van der Waals surface area (Å²) in [6.45, 7) is 13.2. The Morgan fingerprint density at radius 1 is 1.06 bits per heavy atom. The third-order valence-corrected chi connectivity index (χ3v) is 4.28. The van der Waals surface area contributed by atoms with Gasteiger partial charge in [0.1, 0.15) is 0 Å². The summed E-state index contributed by atoms with van der Waals surface area (Å²) < 4.78 is 0. The number of hydrogen-bond donors (Lipinski definition) is 1. The third kappa shape index (κ3) is 2.76. The van der Waals surface area contributed by atoms with Gasteiger partial charge in [-0.05, 0) is 31.5 Å². The van der Waals surface area contributed by atoms with Crippen molar-refractivity contribution in [2.45, 2.75) is 46.2 Å². The van der Waals surface area contributed by atoms with E-state index in [0.717, 1.165) is 13.1 Å². The second-order valence-electron chi connectivity index (χ2n) is 5.35. The standard InChI is InChI=1S/C16H28N2/c1-6-18(7-2)14(5)16(17,13(3)4)15-11-9-8-10-12-15/h8-14H,6-7,17H2,1-5H3. The number of nitrogens with two attached hydrogens (primary N) is 1. The highest BCUT2D eigenvalue weighted by atomic mass is 15.2. The predicted molar refractivity (Wildman–Crippen MR) is 79.5 cm³/mol. The zero-order chi connectivity index (χ0) is 13.8. The molecule has 0 heterocycles. The first-order valence-electron chi connectivity index (χ1n) is 7.06. The lowest BCUT2D eigenvalue weighted by Gasteiger charge is -2.44. The minimum atomic E-state index is -0.298. The van der Waals surface area contributed by atoms with Crippen molar-refractivity contribution >= 4 is 0 Å². The van der Waals surface area contributed by atoms with Crippen LogP contribution in [-0.2, 0) is 5.54 Å². The van der Waals surface area contributed by atoms with Crippen molar-refractivity contribution in [1.29, 1.82) is 0 Å². The van der Waals surface area contributed by atoms with E-state index in [0.29, 0.717) is 12.0 Å². The summed E-state index contributed by atoms with van der Waals surface area (Å²) in [4.78, 5) is 2.44. The molecule has 0 aliphatic rings. The van der Waals surface area contributed by atoms with Crippen molar-refractivity contribution in [2.24, 2.45) is 11.7 Å². The molecular weight excluding hydrogens is 220 g/mol. The van der Waals surface area contributed by atoms with Crippen LogP contribution in [0.1, 0.15) is 40.2 Å². The monoisotopic (exact) mass is 248 g/mol. The summed E-state index contributed by atoms with van der Waals surface area (Å²) in [6, 6.07) is 10.8. The zero-order valence-electron chi connectivity index (χ0n) is 12.5. The van der Waals surface area contributed by atoms with Gasteiger partial charge in [0.25, 0.3) is 0 Å². The fraction of sp³-hybridized carbons (Fsp3) is 0.625. The van der Waals surface area contributed by atoms with Crippen molar-refractivity contribution in [2.75, 3.05) is 13.1 Å². The highest BCUT2D eigenvalue weighted by Crippen LogP contribution is 2.32. The van der Waals surface area contributed by atoms with E-state index in [1.807, 2.05) is 6.07 Å². The quantitative estimate of drug-likeness (QED) is 0.837. The average molecular weight is 248 g/mol. The first kappa shape index (κ1) is 15.2. The summed E-state index contributed by atoms with van der Waals surface area (Å²) in [6.07, 6.45) is 0. The Morgan fingerprint density at radius 3 is 1.94 bits per heavy atom. The fourth-order valence-electron chi connectivity index (χ4n) is 2.86. The minimum Gasteiger partial charge on any atom is -0.320 e. The molecule has 18 heavy (non-hydrogen) atoms. The van der Waals surface area contributed by atoms with E-state index >= 15 is 0 Å². The van der Waals surface area contributed by atoms with Gasteiger partial charge in [0, 0.05) is 6.04 Å². The molecule has 0 saturated carbocycles. The van der Waals surface area contributed by atoms with Crippen molar-refractivity contribution in [1.82, 2.24) is 4.90 Å². The second-order valence-corrected chi connectivity index (χ2v) is 5.35. The van der Waals surface area contributed by atoms with Crippen LogP contribution < -0.4 is 5.73 Å². The summed E-state index contributed by atoms with van der Waals surface area (Å²) in [5.74, 6) is 0.399. The molecule has 0 amide bonds. The first-order chi connectivity index (χ1) is 8.48. The largest absolute Gasteiger partial charge is 0.320 e. The molecular formula is C16H28N2. The van der Waals surface area contributed by atoms with E-state index in [1.54, 1.807) is 0 Å². The molecule has 1 rings (SSSR count). The maximum Gasteiger partial charge on any atom is 0.0587 e. The number of rotatable bonds is 6. The molecule has 2 nitrogen and oxygen atoms in total. The van der Waals surface area contributed by atoms with Crippen LogP contribution in [0, 0.1) is 5.92 Å². The van der Waals surface area contributed by atoms with E-state index in [4.69, 9.17) is 5.73 Å². The summed E-state index contributed by atoms with van der Waals surface area (Å²) >= 11 is 0. The molecule has 0 aliphatic carbocycles. The number of hydrogen-bond acceptors (Lipinski definition) is 2. The summed E-state index contributed by atoms with van der Waals surface area (Å²) in [5.41, 5.74) is 7.75. The van der Waals surface area contributed by atoms with E-state index in [2.05, 4.69) is 63.8 Å². The van der Waals surface area contributed by atoms with E-state index in [-0.39, 0.29) is 5.54 Å². The van der Waals surface area contributed by atoms with E-state index in [1.165, 1.54) is 5.56 Å².